The van der Waals surface area contributed by atoms with Gasteiger partial charge in [-0.05, 0) is 11.6 Å². The lowest BCUT2D eigenvalue weighted by atomic mass is 10.1. The number of benzene rings is 1. The van der Waals surface area contributed by atoms with Gasteiger partial charge >= 0.3 is 5.97 Å². The van der Waals surface area contributed by atoms with E-state index in [0.717, 1.165) is 6.07 Å². The van der Waals surface area contributed by atoms with E-state index in [1.54, 1.807) is 0 Å². The predicted octanol–water partition coefficient (Wildman–Crippen LogP) is 0.486. The average molecular weight is 199 g/mol. The first-order valence-electron chi connectivity index (χ1n) is 3.97. The fourth-order valence-electron chi connectivity index (χ4n) is 1.05. The number of phenols is 1. The van der Waals surface area contributed by atoms with Gasteiger partial charge in [-0.3, -0.25) is 4.79 Å². The summed E-state index contributed by atoms with van der Waals surface area (Å²) in [4.78, 5) is 10.4. The van der Waals surface area contributed by atoms with Crippen molar-refractivity contribution in [2.24, 2.45) is 5.73 Å². The van der Waals surface area contributed by atoms with E-state index in [-0.39, 0.29) is 12.0 Å². The zero-order chi connectivity index (χ0) is 10.7. The highest BCUT2D eigenvalue weighted by molar-refractivity contribution is 5.73. The van der Waals surface area contributed by atoms with Crippen LogP contribution in [0.5, 0.6) is 5.75 Å². The molecule has 1 rings (SSSR count). The summed E-state index contributed by atoms with van der Waals surface area (Å²) >= 11 is 0. The summed E-state index contributed by atoms with van der Waals surface area (Å²) in [5, 5.41) is 17.7. The van der Waals surface area contributed by atoms with Gasteiger partial charge in [0.25, 0.3) is 0 Å². The molecule has 14 heavy (non-hydrogen) atoms. The van der Waals surface area contributed by atoms with E-state index in [2.05, 4.69) is 0 Å². The van der Waals surface area contributed by atoms with Crippen LogP contribution in [-0.2, 0) is 11.2 Å². The maximum atomic E-state index is 12.8. The number of carboxylic acid groups (broad SMARTS) is 1. The Morgan fingerprint density at radius 2 is 2.21 bits per heavy atom. The Morgan fingerprint density at radius 3 is 2.79 bits per heavy atom. The van der Waals surface area contributed by atoms with Crippen LogP contribution in [0, 0.1) is 5.82 Å². The van der Waals surface area contributed by atoms with Crippen molar-refractivity contribution >= 4 is 5.97 Å². The highest BCUT2D eigenvalue weighted by Gasteiger charge is 2.15. The molecule has 0 aliphatic rings. The molecule has 0 spiro atoms. The highest BCUT2D eigenvalue weighted by atomic mass is 19.1. The molecule has 76 valence electrons. The third kappa shape index (κ3) is 2.20. The van der Waals surface area contributed by atoms with Gasteiger partial charge in [0.1, 0.15) is 6.04 Å². The smallest absolute Gasteiger partial charge is 0.320 e. The van der Waals surface area contributed by atoms with Gasteiger partial charge in [-0.15, -0.1) is 0 Å². The standard InChI is InChI=1S/C9H10FNO3/c10-6-3-1-2-5(8(6)12)4-7(11)9(13)14/h1-3,7,12H,4,11H2,(H,13,14)/t7-/m0/s1. The van der Waals surface area contributed by atoms with Gasteiger partial charge in [0, 0.05) is 6.42 Å². The lowest BCUT2D eigenvalue weighted by molar-refractivity contribution is -0.138. The van der Waals surface area contributed by atoms with Gasteiger partial charge < -0.3 is 15.9 Å². The maximum Gasteiger partial charge on any atom is 0.320 e. The second-order valence-electron chi connectivity index (χ2n) is 2.90. The number of aliphatic carboxylic acids is 1. The molecule has 4 nitrogen and oxygen atoms in total. The van der Waals surface area contributed by atoms with Crippen molar-refractivity contribution in [2.45, 2.75) is 12.5 Å². The topological polar surface area (TPSA) is 83.5 Å². The maximum absolute atomic E-state index is 12.8. The van der Waals surface area contributed by atoms with Crippen molar-refractivity contribution in [3.63, 3.8) is 0 Å². The molecule has 0 saturated heterocycles. The van der Waals surface area contributed by atoms with Crippen LogP contribution in [0.15, 0.2) is 18.2 Å². The Bertz CT molecular complexity index is 354. The lowest BCUT2D eigenvalue weighted by Crippen LogP contribution is -2.32. The minimum Gasteiger partial charge on any atom is -0.505 e. The fraction of sp³-hybridized carbons (Fsp3) is 0.222. The van der Waals surface area contributed by atoms with Crippen LogP contribution in [0.25, 0.3) is 0 Å². The molecule has 0 fully saturated rings. The molecule has 0 radical (unpaired) electrons. The van der Waals surface area contributed by atoms with E-state index in [1.807, 2.05) is 0 Å². The highest BCUT2D eigenvalue weighted by Crippen LogP contribution is 2.21. The Kier molecular flexibility index (Phi) is 3.03. The summed E-state index contributed by atoms with van der Waals surface area (Å²) in [6, 6.07) is 2.77. The summed E-state index contributed by atoms with van der Waals surface area (Å²) < 4.78 is 12.8. The molecule has 1 aromatic carbocycles. The average Bonchev–Trinajstić information content (AvgIpc) is 2.12. The molecule has 0 aliphatic carbocycles. The fourth-order valence-corrected chi connectivity index (χ4v) is 1.05. The van der Waals surface area contributed by atoms with Crippen LogP contribution in [0.3, 0.4) is 0 Å². The van der Waals surface area contributed by atoms with E-state index in [1.165, 1.54) is 12.1 Å². The van der Waals surface area contributed by atoms with Gasteiger partial charge in [-0.1, -0.05) is 12.1 Å². The molecule has 0 aromatic heterocycles. The summed E-state index contributed by atoms with van der Waals surface area (Å²) in [5.74, 6) is -2.50. The van der Waals surface area contributed by atoms with Crippen molar-refractivity contribution in [2.75, 3.05) is 0 Å². The van der Waals surface area contributed by atoms with Gasteiger partial charge in [0.15, 0.2) is 11.6 Å². The minimum absolute atomic E-state index is 0.0983. The summed E-state index contributed by atoms with van der Waals surface area (Å²) in [6.45, 7) is 0. The van der Waals surface area contributed by atoms with Crippen LogP contribution in [0.4, 0.5) is 4.39 Å². The Balaban J connectivity index is 2.87. The molecule has 0 bridgehead atoms. The van der Waals surface area contributed by atoms with Crippen molar-refractivity contribution < 1.29 is 19.4 Å². The summed E-state index contributed by atoms with van der Waals surface area (Å²) in [6.07, 6.45) is -0.0983. The summed E-state index contributed by atoms with van der Waals surface area (Å²) in [7, 11) is 0. The molecule has 1 aromatic rings. The van der Waals surface area contributed by atoms with Crippen LogP contribution >= 0.6 is 0 Å². The number of para-hydroxylation sites is 1. The molecule has 0 unspecified atom stereocenters. The molecule has 0 heterocycles. The van der Waals surface area contributed by atoms with Crippen molar-refractivity contribution in [1.82, 2.24) is 0 Å². The van der Waals surface area contributed by atoms with Crippen LogP contribution in [0.2, 0.25) is 0 Å². The molecule has 0 saturated carbocycles. The van der Waals surface area contributed by atoms with E-state index in [0.29, 0.717) is 0 Å². The Hall–Kier alpha value is -1.62. The van der Waals surface area contributed by atoms with Crippen LogP contribution in [0.1, 0.15) is 5.56 Å². The monoisotopic (exact) mass is 199 g/mol. The van der Waals surface area contributed by atoms with Gasteiger partial charge in [0.05, 0.1) is 0 Å². The first kappa shape index (κ1) is 10.5. The van der Waals surface area contributed by atoms with E-state index >= 15 is 0 Å². The van der Waals surface area contributed by atoms with E-state index < -0.39 is 23.6 Å². The SMILES string of the molecule is N[C@@H](Cc1cccc(F)c1O)C(=O)O. The zero-order valence-electron chi connectivity index (χ0n) is 7.27. The van der Waals surface area contributed by atoms with Crippen molar-refractivity contribution in [3.05, 3.63) is 29.6 Å². The zero-order valence-corrected chi connectivity index (χ0v) is 7.27. The Labute approximate surface area is 79.8 Å². The van der Waals surface area contributed by atoms with E-state index in [4.69, 9.17) is 10.8 Å². The number of nitrogens with two attached hydrogens (primary N) is 1. The molecule has 4 N–H and O–H groups in total. The number of hydrogen-bond acceptors (Lipinski definition) is 3. The largest absolute Gasteiger partial charge is 0.505 e. The normalized spacial score (nSPS) is 12.4. The quantitative estimate of drug-likeness (QED) is 0.661. The minimum atomic E-state index is -1.19. The van der Waals surface area contributed by atoms with Gasteiger partial charge in [-0.2, -0.15) is 0 Å². The number of carbonyl (C=O) groups is 1. The van der Waals surface area contributed by atoms with Gasteiger partial charge in [-0.25, -0.2) is 4.39 Å². The lowest BCUT2D eigenvalue weighted by Gasteiger charge is -2.08. The molecule has 0 amide bonds. The number of carboxylic acids is 1. The third-order valence-corrected chi connectivity index (χ3v) is 1.83. The number of hydrogen-bond donors (Lipinski definition) is 3. The number of phenolic OH excluding ortho intramolecular Hbond substituents is 1. The molecule has 1 atom stereocenters. The predicted molar refractivity (Wildman–Crippen MR) is 47.4 cm³/mol. The van der Waals surface area contributed by atoms with Crippen LogP contribution in [-0.4, -0.2) is 22.2 Å². The van der Waals surface area contributed by atoms with Gasteiger partial charge in [0.2, 0.25) is 0 Å². The van der Waals surface area contributed by atoms with E-state index in [9.17, 15) is 14.3 Å². The third-order valence-electron chi connectivity index (χ3n) is 1.83. The first-order valence-corrected chi connectivity index (χ1v) is 3.97. The second kappa shape index (κ2) is 4.06. The molecule has 5 heteroatoms. The number of halogens is 1. The second-order valence-corrected chi connectivity index (χ2v) is 2.90. The Morgan fingerprint density at radius 1 is 1.57 bits per heavy atom. The molecular formula is C9H10FNO3. The number of rotatable bonds is 3. The van der Waals surface area contributed by atoms with Crippen molar-refractivity contribution in [1.29, 1.82) is 0 Å². The van der Waals surface area contributed by atoms with Crippen molar-refractivity contribution in [3.8, 4) is 5.75 Å². The summed E-state index contributed by atoms with van der Waals surface area (Å²) in [5.41, 5.74) is 5.43. The molecular weight excluding hydrogens is 189 g/mol. The first-order chi connectivity index (χ1) is 6.52. The molecule has 0 aliphatic heterocycles. The number of aromatic hydroxyl groups is 1. The van der Waals surface area contributed by atoms with Crippen LogP contribution < -0.4 is 5.73 Å².